The van der Waals surface area contributed by atoms with Crippen LogP contribution in [0.3, 0.4) is 0 Å². The van der Waals surface area contributed by atoms with Crippen molar-refractivity contribution in [2.24, 2.45) is 11.8 Å². The minimum absolute atomic E-state index is 0.825. The first kappa shape index (κ1) is 10.3. The number of hydrogen-bond acceptors (Lipinski definition) is 0. The van der Waals surface area contributed by atoms with Gasteiger partial charge in [0.2, 0.25) is 0 Å². The van der Waals surface area contributed by atoms with E-state index in [2.05, 4.69) is 13.2 Å². The van der Waals surface area contributed by atoms with Crippen molar-refractivity contribution in [1.82, 2.24) is 0 Å². The molecular weight excluding hydrogens is 156 g/mol. The van der Waals surface area contributed by atoms with Gasteiger partial charge in [0.05, 0.1) is 0 Å². The van der Waals surface area contributed by atoms with E-state index in [-0.39, 0.29) is 0 Å². The molecule has 72 valence electrons. The SMILES string of the molecule is C=CC1=C(C=C)C2CCC1C2.CC. The molecule has 0 heteroatoms. The molecule has 2 aliphatic rings. The van der Waals surface area contributed by atoms with Gasteiger partial charge in [-0.2, -0.15) is 0 Å². The Bertz CT molecular complexity index is 208. The molecule has 2 rings (SSSR count). The molecule has 0 aromatic rings. The van der Waals surface area contributed by atoms with Crippen molar-refractivity contribution in [1.29, 1.82) is 0 Å². The largest absolute Gasteiger partial charge is 0.0988 e. The van der Waals surface area contributed by atoms with Crippen LogP contribution in [0.1, 0.15) is 33.1 Å². The van der Waals surface area contributed by atoms with E-state index in [4.69, 9.17) is 0 Å². The molecule has 0 N–H and O–H groups in total. The Hall–Kier alpha value is -0.780. The maximum atomic E-state index is 3.85. The Labute approximate surface area is 82.0 Å². The standard InChI is InChI=1S/C11H14.C2H6/c1-3-10-8-5-6-9(7-8)11(10)4-2;1-2/h3-4,8-9H,1-2,5-7H2;1-2H3. The summed E-state index contributed by atoms with van der Waals surface area (Å²) in [7, 11) is 0. The molecule has 2 aliphatic carbocycles. The van der Waals surface area contributed by atoms with Crippen molar-refractivity contribution < 1.29 is 0 Å². The van der Waals surface area contributed by atoms with Gasteiger partial charge >= 0.3 is 0 Å². The average Bonchev–Trinajstić information content (AvgIpc) is 2.79. The highest BCUT2D eigenvalue weighted by Crippen LogP contribution is 2.49. The molecule has 0 aliphatic heterocycles. The molecule has 0 spiro atoms. The Morgan fingerprint density at radius 1 is 1.00 bits per heavy atom. The summed E-state index contributed by atoms with van der Waals surface area (Å²) < 4.78 is 0. The molecule has 13 heavy (non-hydrogen) atoms. The molecule has 2 unspecified atom stereocenters. The van der Waals surface area contributed by atoms with Crippen LogP contribution in [-0.2, 0) is 0 Å². The van der Waals surface area contributed by atoms with Crippen LogP contribution in [0.5, 0.6) is 0 Å². The van der Waals surface area contributed by atoms with Crippen LogP contribution in [0, 0.1) is 11.8 Å². The van der Waals surface area contributed by atoms with E-state index in [1.54, 1.807) is 0 Å². The Kier molecular flexibility index (Phi) is 3.53. The van der Waals surface area contributed by atoms with E-state index in [0.29, 0.717) is 0 Å². The van der Waals surface area contributed by atoms with E-state index in [9.17, 15) is 0 Å². The zero-order valence-corrected chi connectivity index (χ0v) is 8.84. The van der Waals surface area contributed by atoms with Gasteiger partial charge in [0.1, 0.15) is 0 Å². The molecule has 1 fully saturated rings. The predicted molar refractivity (Wildman–Crippen MR) is 59.6 cm³/mol. The topological polar surface area (TPSA) is 0 Å². The van der Waals surface area contributed by atoms with Crippen molar-refractivity contribution in [3.05, 3.63) is 36.5 Å². The first-order chi connectivity index (χ1) is 6.36. The summed E-state index contributed by atoms with van der Waals surface area (Å²) in [4.78, 5) is 0. The van der Waals surface area contributed by atoms with E-state index >= 15 is 0 Å². The lowest BCUT2D eigenvalue weighted by Crippen LogP contribution is -1.98. The van der Waals surface area contributed by atoms with Crippen LogP contribution < -0.4 is 0 Å². The quantitative estimate of drug-likeness (QED) is 0.594. The van der Waals surface area contributed by atoms with Crippen LogP contribution >= 0.6 is 0 Å². The molecule has 0 aromatic heterocycles. The van der Waals surface area contributed by atoms with Crippen molar-refractivity contribution in [3.63, 3.8) is 0 Å². The molecule has 2 bridgehead atoms. The maximum Gasteiger partial charge on any atom is -0.0153 e. The minimum atomic E-state index is 0.825. The Balaban J connectivity index is 0.000000396. The van der Waals surface area contributed by atoms with Crippen molar-refractivity contribution in [2.45, 2.75) is 33.1 Å². The second-order valence-electron chi connectivity index (χ2n) is 3.53. The van der Waals surface area contributed by atoms with E-state index in [0.717, 1.165) is 11.8 Å². The smallest absolute Gasteiger partial charge is 0.0153 e. The number of hydrogen-bond donors (Lipinski definition) is 0. The molecule has 0 saturated heterocycles. The van der Waals surface area contributed by atoms with Gasteiger partial charge in [0, 0.05) is 0 Å². The minimum Gasteiger partial charge on any atom is -0.0988 e. The van der Waals surface area contributed by atoms with Gasteiger partial charge < -0.3 is 0 Å². The molecule has 0 aromatic carbocycles. The fourth-order valence-corrected chi connectivity index (χ4v) is 2.59. The summed E-state index contributed by atoms with van der Waals surface area (Å²) in [5, 5.41) is 0. The number of allylic oxidation sites excluding steroid dienone is 4. The second-order valence-corrected chi connectivity index (χ2v) is 3.53. The van der Waals surface area contributed by atoms with Crippen LogP contribution in [0.4, 0.5) is 0 Å². The van der Waals surface area contributed by atoms with Gasteiger partial charge in [-0.05, 0) is 42.2 Å². The molecule has 0 heterocycles. The van der Waals surface area contributed by atoms with Gasteiger partial charge in [-0.3, -0.25) is 0 Å². The molecule has 2 atom stereocenters. The van der Waals surface area contributed by atoms with E-state index in [1.807, 2.05) is 26.0 Å². The van der Waals surface area contributed by atoms with Crippen LogP contribution in [0.25, 0.3) is 0 Å². The average molecular weight is 176 g/mol. The highest BCUT2D eigenvalue weighted by Gasteiger charge is 2.36. The summed E-state index contributed by atoms with van der Waals surface area (Å²) >= 11 is 0. The zero-order valence-electron chi connectivity index (χ0n) is 8.84. The Morgan fingerprint density at radius 2 is 1.38 bits per heavy atom. The molecular formula is C13H20. The highest BCUT2D eigenvalue weighted by molar-refractivity contribution is 5.41. The lowest BCUT2D eigenvalue weighted by atomic mass is 9.92. The van der Waals surface area contributed by atoms with Crippen molar-refractivity contribution in [3.8, 4) is 0 Å². The zero-order chi connectivity index (χ0) is 9.84. The van der Waals surface area contributed by atoms with Crippen LogP contribution in [-0.4, -0.2) is 0 Å². The van der Waals surface area contributed by atoms with Gasteiger partial charge in [0.15, 0.2) is 0 Å². The third-order valence-electron chi connectivity index (χ3n) is 3.09. The summed E-state index contributed by atoms with van der Waals surface area (Å²) in [6, 6.07) is 0. The van der Waals surface area contributed by atoms with Crippen molar-refractivity contribution >= 4 is 0 Å². The van der Waals surface area contributed by atoms with Crippen LogP contribution in [0.2, 0.25) is 0 Å². The first-order valence-corrected chi connectivity index (χ1v) is 5.35. The third-order valence-corrected chi connectivity index (χ3v) is 3.09. The summed E-state index contributed by atoms with van der Waals surface area (Å²) in [5.41, 5.74) is 2.97. The molecule has 0 nitrogen and oxygen atoms in total. The highest BCUT2D eigenvalue weighted by atomic mass is 14.4. The van der Waals surface area contributed by atoms with Crippen molar-refractivity contribution in [2.75, 3.05) is 0 Å². The molecule has 0 amide bonds. The first-order valence-electron chi connectivity index (χ1n) is 5.35. The Morgan fingerprint density at radius 3 is 1.69 bits per heavy atom. The lowest BCUT2D eigenvalue weighted by molar-refractivity contribution is 0.669. The fourth-order valence-electron chi connectivity index (χ4n) is 2.59. The van der Waals surface area contributed by atoms with Gasteiger partial charge in [-0.1, -0.05) is 39.2 Å². The van der Waals surface area contributed by atoms with Gasteiger partial charge in [-0.15, -0.1) is 0 Å². The summed E-state index contributed by atoms with van der Waals surface area (Å²) in [5.74, 6) is 1.65. The monoisotopic (exact) mass is 176 g/mol. The van der Waals surface area contributed by atoms with Gasteiger partial charge in [0.25, 0.3) is 0 Å². The summed E-state index contributed by atoms with van der Waals surface area (Å²) in [6.45, 7) is 11.7. The summed E-state index contributed by atoms with van der Waals surface area (Å²) in [6.07, 6.45) is 8.18. The predicted octanol–water partition coefficient (Wildman–Crippen LogP) is 4.11. The normalized spacial score (nSPS) is 29.7. The molecule has 0 radical (unpaired) electrons. The van der Waals surface area contributed by atoms with E-state index in [1.165, 1.54) is 30.4 Å². The molecule has 1 saturated carbocycles. The second kappa shape index (κ2) is 4.45. The van der Waals surface area contributed by atoms with E-state index < -0.39 is 0 Å². The number of rotatable bonds is 2. The van der Waals surface area contributed by atoms with Crippen LogP contribution in [0.15, 0.2) is 36.5 Å². The fraction of sp³-hybridized carbons (Fsp3) is 0.538. The number of fused-ring (bicyclic) bond motifs is 2. The third kappa shape index (κ3) is 1.63. The lowest BCUT2D eigenvalue weighted by Gasteiger charge is -2.13. The maximum absolute atomic E-state index is 3.85. The van der Waals surface area contributed by atoms with Gasteiger partial charge in [-0.25, -0.2) is 0 Å².